The first kappa shape index (κ1) is 18.3. The molecule has 0 N–H and O–H groups in total. The molecule has 0 aliphatic heterocycles. The number of anilines is 1. The predicted molar refractivity (Wildman–Crippen MR) is 118 cm³/mol. The third-order valence-electron chi connectivity index (χ3n) is 4.29. The number of carbonyl (C=O) groups excluding carboxylic acids is 1. The van der Waals surface area contributed by atoms with Crippen molar-refractivity contribution in [1.82, 2.24) is 4.98 Å². The Hall–Kier alpha value is -2.02. The van der Waals surface area contributed by atoms with Crippen molar-refractivity contribution in [2.24, 2.45) is 0 Å². The zero-order chi connectivity index (χ0) is 18.8. The Morgan fingerprint density at radius 1 is 1.04 bits per heavy atom. The van der Waals surface area contributed by atoms with Gasteiger partial charge in [-0.1, -0.05) is 54.7 Å². The number of rotatable bonds is 5. The summed E-state index contributed by atoms with van der Waals surface area (Å²) in [5.41, 5.74) is 3.29. The smallest absolute Gasteiger partial charge is 0.270 e. The van der Waals surface area contributed by atoms with Crippen LogP contribution in [-0.4, -0.2) is 10.9 Å². The van der Waals surface area contributed by atoms with E-state index in [9.17, 15) is 4.79 Å². The van der Waals surface area contributed by atoms with Crippen LogP contribution in [0, 0.1) is 0 Å². The van der Waals surface area contributed by atoms with Crippen molar-refractivity contribution in [2.45, 2.75) is 19.9 Å². The fraction of sp³-hybridized carbons (Fsp3) is 0.143. The van der Waals surface area contributed by atoms with Crippen LogP contribution in [0.4, 0.5) is 5.13 Å². The minimum Gasteiger partial charge on any atom is -0.279 e. The van der Waals surface area contributed by atoms with Crippen LogP contribution < -0.4 is 4.90 Å². The SMILES string of the molecule is CCc1ccc2nc(N(Cc3ccccc3)C(=O)c3ccc(Br)s3)sc2c1. The fourth-order valence-electron chi connectivity index (χ4n) is 2.85. The molecule has 3 nitrogen and oxygen atoms in total. The number of amides is 1. The molecule has 136 valence electrons. The second-order valence-corrected chi connectivity index (χ2v) is 9.60. The number of carbonyl (C=O) groups is 1. The van der Waals surface area contributed by atoms with E-state index in [0.717, 1.165) is 31.1 Å². The lowest BCUT2D eigenvalue weighted by Crippen LogP contribution is -2.29. The van der Waals surface area contributed by atoms with Gasteiger partial charge in [0.25, 0.3) is 5.91 Å². The van der Waals surface area contributed by atoms with Crippen molar-refractivity contribution in [3.8, 4) is 0 Å². The molecule has 4 rings (SSSR count). The van der Waals surface area contributed by atoms with Crippen LogP contribution in [0.5, 0.6) is 0 Å². The van der Waals surface area contributed by atoms with Gasteiger partial charge in [0.1, 0.15) is 0 Å². The van der Waals surface area contributed by atoms with Crippen LogP contribution >= 0.6 is 38.6 Å². The predicted octanol–water partition coefficient (Wildman–Crippen LogP) is 6.53. The van der Waals surface area contributed by atoms with Crippen LogP contribution in [0.25, 0.3) is 10.2 Å². The molecule has 0 atom stereocenters. The van der Waals surface area contributed by atoms with Crippen molar-refractivity contribution in [1.29, 1.82) is 0 Å². The van der Waals surface area contributed by atoms with Crippen LogP contribution in [0.15, 0.2) is 64.5 Å². The van der Waals surface area contributed by atoms with Gasteiger partial charge < -0.3 is 0 Å². The topological polar surface area (TPSA) is 33.2 Å². The molecule has 0 radical (unpaired) electrons. The van der Waals surface area contributed by atoms with Crippen LogP contribution in [0.2, 0.25) is 0 Å². The van der Waals surface area contributed by atoms with Crippen molar-refractivity contribution in [3.63, 3.8) is 0 Å². The standard InChI is InChI=1S/C21H17BrN2OS2/c1-2-14-8-9-16-18(12-14)27-21(23-16)24(13-15-6-4-3-5-7-15)20(25)17-10-11-19(22)26-17/h3-12H,2,13H2,1H3. The van der Waals surface area contributed by atoms with Crippen molar-refractivity contribution in [2.75, 3.05) is 4.90 Å². The van der Waals surface area contributed by atoms with Crippen LogP contribution in [0.1, 0.15) is 27.7 Å². The second kappa shape index (κ2) is 7.92. The number of thiazole rings is 1. The summed E-state index contributed by atoms with van der Waals surface area (Å²) in [6.07, 6.45) is 0.985. The molecule has 27 heavy (non-hydrogen) atoms. The van der Waals surface area contributed by atoms with Crippen molar-refractivity contribution >= 4 is 59.9 Å². The van der Waals surface area contributed by atoms with Gasteiger partial charge in [0.05, 0.1) is 25.4 Å². The van der Waals surface area contributed by atoms with E-state index in [2.05, 4.69) is 35.0 Å². The van der Waals surface area contributed by atoms with E-state index >= 15 is 0 Å². The summed E-state index contributed by atoms with van der Waals surface area (Å²) in [5, 5.41) is 0.733. The first-order valence-corrected chi connectivity index (χ1v) is 11.1. The summed E-state index contributed by atoms with van der Waals surface area (Å²) in [4.78, 5) is 20.5. The Labute approximate surface area is 174 Å². The molecular formula is C21H17BrN2OS2. The Morgan fingerprint density at radius 3 is 2.56 bits per heavy atom. The number of fused-ring (bicyclic) bond motifs is 1. The average Bonchev–Trinajstić information content (AvgIpc) is 3.31. The third kappa shape index (κ3) is 3.98. The molecule has 0 aliphatic carbocycles. The molecular weight excluding hydrogens is 440 g/mol. The van der Waals surface area contributed by atoms with Gasteiger partial charge in [-0.25, -0.2) is 4.98 Å². The molecule has 0 aliphatic rings. The minimum absolute atomic E-state index is 0.0238. The minimum atomic E-state index is -0.0238. The average molecular weight is 457 g/mol. The van der Waals surface area contributed by atoms with Gasteiger partial charge in [-0.2, -0.15) is 0 Å². The summed E-state index contributed by atoms with van der Waals surface area (Å²) < 4.78 is 2.06. The Kier molecular flexibility index (Phi) is 5.38. The van der Waals surface area contributed by atoms with E-state index < -0.39 is 0 Å². The molecule has 0 bridgehead atoms. The molecule has 0 saturated heterocycles. The number of halogens is 1. The molecule has 2 aromatic heterocycles. The Bertz CT molecular complexity index is 1090. The lowest BCUT2D eigenvalue weighted by Gasteiger charge is -2.19. The Morgan fingerprint density at radius 2 is 1.85 bits per heavy atom. The lowest BCUT2D eigenvalue weighted by atomic mass is 10.2. The van der Waals surface area contributed by atoms with Crippen LogP contribution in [-0.2, 0) is 13.0 Å². The maximum Gasteiger partial charge on any atom is 0.270 e. The molecule has 0 unspecified atom stereocenters. The number of hydrogen-bond donors (Lipinski definition) is 0. The van der Waals surface area contributed by atoms with E-state index in [1.165, 1.54) is 16.9 Å². The van der Waals surface area contributed by atoms with Gasteiger partial charge in [0.15, 0.2) is 5.13 Å². The maximum atomic E-state index is 13.2. The highest BCUT2D eigenvalue weighted by Gasteiger charge is 2.23. The Balaban J connectivity index is 1.75. The van der Waals surface area contributed by atoms with Gasteiger partial charge in [-0.15, -0.1) is 11.3 Å². The zero-order valence-electron chi connectivity index (χ0n) is 14.7. The largest absolute Gasteiger partial charge is 0.279 e. The van der Waals surface area contributed by atoms with E-state index in [1.807, 2.05) is 48.5 Å². The highest BCUT2D eigenvalue weighted by molar-refractivity contribution is 9.11. The van der Waals surface area contributed by atoms with Gasteiger partial charge in [-0.3, -0.25) is 9.69 Å². The van der Waals surface area contributed by atoms with E-state index in [0.29, 0.717) is 11.4 Å². The van der Waals surface area contributed by atoms with Gasteiger partial charge >= 0.3 is 0 Å². The molecule has 2 heterocycles. The number of aromatic nitrogens is 1. The van der Waals surface area contributed by atoms with Crippen molar-refractivity contribution in [3.05, 3.63) is 80.5 Å². The fourth-order valence-corrected chi connectivity index (χ4v) is 5.21. The molecule has 4 aromatic rings. The van der Waals surface area contributed by atoms with E-state index in [1.54, 1.807) is 16.2 Å². The molecule has 0 fully saturated rings. The highest BCUT2D eigenvalue weighted by atomic mass is 79.9. The third-order valence-corrected chi connectivity index (χ3v) is 6.95. The lowest BCUT2D eigenvalue weighted by molar-refractivity contribution is 0.0989. The summed E-state index contributed by atoms with van der Waals surface area (Å²) in [6.45, 7) is 2.64. The molecule has 0 saturated carbocycles. The monoisotopic (exact) mass is 456 g/mol. The summed E-state index contributed by atoms with van der Waals surface area (Å²) >= 11 is 6.47. The normalized spacial score (nSPS) is 11.0. The number of aryl methyl sites for hydroxylation is 1. The first-order chi connectivity index (χ1) is 13.1. The summed E-state index contributed by atoms with van der Waals surface area (Å²) in [5.74, 6) is -0.0238. The van der Waals surface area contributed by atoms with Crippen molar-refractivity contribution < 1.29 is 4.79 Å². The van der Waals surface area contributed by atoms with Gasteiger partial charge in [-0.05, 0) is 57.7 Å². The highest BCUT2D eigenvalue weighted by Crippen LogP contribution is 2.33. The van der Waals surface area contributed by atoms with Gasteiger partial charge in [0.2, 0.25) is 0 Å². The summed E-state index contributed by atoms with van der Waals surface area (Å²) in [6, 6.07) is 20.1. The van der Waals surface area contributed by atoms with Gasteiger partial charge in [0, 0.05) is 0 Å². The number of hydrogen-bond acceptors (Lipinski definition) is 4. The number of benzene rings is 2. The maximum absolute atomic E-state index is 13.2. The number of nitrogens with zero attached hydrogens (tertiary/aromatic N) is 2. The van der Waals surface area contributed by atoms with E-state index in [-0.39, 0.29) is 5.91 Å². The first-order valence-electron chi connectivity index (χ1n) is 8.64. The second-order valence-electron chi connectivity index (χ2n) is 6.13. The quantitative estimate of drug-likeness (QED) is 0.341. The summed E-state index contributed by atoms with van der Waals surface area (Å²) in [7, 11) is 0. The molecule has 2 aromatic carbocycles. The van der Waals surface area contributed by atoms with E-state index in [4.69, 9.17) is 4.98 Å². The number of thiophene rings is 1. The molecule has 1 amide bonds. The zero-order valence-corrected chi connectivity index (χ0v) is 17.9. The molecule has 0 spiro atoms. The van der Waals surface area contributed by atoms with Crippen LogP contribution in [0.3, 0.4) is 0 Å². The molecule has 6 heteroatoms.